The van der Waals surface area contributed by atoms with Gasteiger partial charge in [-0.3, -0.25) is 9.59 Å². The summed E-state index contributed by atoms with van der Waals surface area (Å²) in [6, 6.07) is 21.1. The third-order valence-electron chi connectivity index (χ3n) is 7.58. The molecule has 1 fully saturated rings. The van der Waals surface area contributed by atoms with Gasteiger partial charge in [-0.2, -0.15) is 0 Å². The number of hydrogen-bond donors (Lipinski definition) is 1. The Balaban J connectivity index is 1.39. The van der Waals surface area contributed by atoms with Gasteiger partial charge < -0.3 is 19.9 Å². The molecule has 7 heteroatoms. The molecule has 0 aromatic heterocycles. The third kappa shape index (κ3) is 7.92. The Morgan fingerprint density at radius 1 is 0.975 bits per heavy atom. The number of anilines is 2. The minimum absolute atomic E-state index is 0.0628. The van der Waals surface area contributed by atoms with Gasteiger partial charge in [0.05, 0.1) is 7.11 Å². The summed E-state index contributed by atoms with van der Waals surface area (Å²) < 4.78 is 18.7. The van der Waals surface area contributed by atoms with Crippen LogP contribution in [0.25, 0.3) is 0 Å². The van der Waals surface area contributed by atoms with Crippen LogP contribution in [-0.4, -0.2) is 56.4 Å². The topological polar surface area (TPSA) is 61.9 Å². The number of halogens is 1. The average molecular weight is 546 g/mol. The number of rotatable bonds is 13. The van der Waals surface area contributed by atoms with Gasteiger partial charge in [0, 0.05) is 54.1 Å². The Morgan fingerprint density at radius 2 is 1.68 bits per heavy atom. The van der Waals surface area contributed by atoms with Crippen LogP contribution in [0.4, 0.5) is 15.8 Å². The van der Waals surface area contributed by atoms with Gasteiger partial charge in [-0.1, -0.05) is 25.8 Å². The number of hydrogen-bond acceptors (Lipinski definition) is 5. The number of likely N-dealkylation sites (tertiary alicyclic amines) is 1. The van der Waals surface area contributed by atoms with E-state index in [0.29, 0.717) is 30.0 Å². The molecular formula is C33H40FN3O3. The van der Waals surface area contributed by atoms with Crippen molar-refractivity contribution in [2.75, 3.05) is 50.1 Å². The normalized spacial score (nSPS) is 14.1. The Morgan fingerprint density at radius 3 is 2.35 bits per heavy atom. The summed E-state index contributed by atoms with van der Waals surface area (Å²) in [7, 11) is 1.62. The number of nitrogens with one attached hydrogen (secondary N) is 1. The summed E-state index contributed by atoms with van der Waals surface area (Å²) in [5.74, 6) is 0.314. The highest BCUT2D eigenvalue weighted by Crippen LogP contribution is 2.25. The van der Waals surface area contributed by atoms with Crippen LogP contribution in [-0.2, 0) is 0 Å². The number of unbranched alkanes of at least 4 members (excludes halogenated alkanes) is 2. The van der Waals surface area contributed by atoms with Gasteiger partial charge in [0.25, 0.3) is 5.91 Å². The minimum Gasteiger partial charge on any atom is -0.497 e. The zero-order valence-corrected chi connectivity index (χ0v) is 23.6. The van der Waals surface area contributed by atoms with Gasteiger partial charge in [-0.05, 0) is 93.0 Å². The fraction of sp³-hybridized carbons (Fsp3) is 0.394. The van der Waals surface area contributed by atoms with E-state index < -0.39 is 0 Å². The largest absolute Gasteiger partial charge is 0.497 e. The maximum atomic E-state index is 13.7. The van der Waals surface area contributed by atoms with Gasteiger partial charge in [-0.25, -0.2) is 4.39 Å². The lowest BCUT2D eigenvalue weighted by Crippen LogP contribution is -2.42. The Hall–Kier alpha value is -3.71. The number of ether oxygens (including phenoxy) is 1. The second-order valence-corrected chi connectivity index (χ2v) is 10.4. The fourth-order valence-electron chi connectivity index (χ4n) is 5.13. The molecule has 1 N–H and O–H groups in total. The van der Waals surface area contributed by atoms with E-state index in [9.17, 15) is 14.0 Å². The van der Waals surface area contributed by atoms with E-state index in [1.807, 2.05) is 53.4 Å². The zero-order chi connectivity index (χ0) is 28.3. The van der Waals surface area contributed by atoms with Crippen LogP contribution in [0.3, 0.4) is 0 Å². The highest BCUT2D eigenvalue weighted by atomic mass is 19.1. The molecule has 6 nitrogen and oxygen atoms in total. The van der Waals surface area contributed by atoms with Crippen molar-refractivity contribution < 1.29 is 18.7 Å². The van der Waals surface area contributed by atoms with E-state index in [-0.39, 0.29) is 23.4 Å². The number of methoxy groups -OCH3 is 1. The number of nitrogens with zero attached hydrogens (tertiary/aromatic N) is 2. The molecule has 1 aliphatic heterocycles. The molecule has 212 valence electrons. The highest BCUT2D eigenvalue weighted by Gasteiger charge is 2.27. The van der Waals surface area contributed by atoms with Crippen LogP contribution in [0.2, 0.25) is 0 Å². The molecule has 3 aromatic rings. The lowest BCUT2D eigenvalue weighted by atomic mass is 9.89. The average Bonchev–Trinajstić information content (AvgIpc) is 3.00. The molecular weight excluding hydrogens is 505 g/mol. The molecule has 0 radical (unpaired) electrons. The van der Waals surface area contributed by atoms with Gasteiger partial charge in [0.1, 0.15) is 11.6 Å². The Bertz CT molecular complexity index is 1240. The molecule has 0 bridgehead atoms. The lowest BCUT2D eigenvalue weighted by Gasteiger charge is -2.33. The Labute approximate surface area is 237 Å². The third-order valence-corrected chi connectivity index (χ3v) is 7.58. The van der Waals surface area contributed by atoms with E-state index >= 15 is 0 Å². The SMILES string of the molecule is CCCCCNc1ccc(C(=O)N(CCN2CCC(C(=O)c3ccc(F)cc3)CC2)c2cccc(OC)c2)cc1. The maximum Gasteiger partial charge on any atom is 0.258 e. The predicted octanol–water partition coefficient (Wildman–Crippen LogP) is 6.68. The summed E-state index contributed by atoms with van der Waals surface area (Å²) in [6.07, 6.45) is 4.99. The number of carbonyl (C=O) groups excluding carboxylic acids is 2. The number of amides is 1. The van der Waals surface area contributed by atoms with Crippen molar-refractivity contribution in [3.63, 3.8) is 0 Å². The molecule has 1 heterocycles. The smallest absolute Gasteiger partial charge is 0.258 e. The summed E-state index contributed by atoms with van der Waals surface area (Å²) >= 11 is 0. The summed E-state index contributed by atoms with van der Waals surface area (Å²) in [5, 5.41) is 3.43. The molecule has 0 spiro atoms. The molecule has 3 aromatic carbocycles. The highest BCUT2D eigenvalue weighted by molar-refractivity contribution is 6.06. The van der Waals surface area contributed by atoms with Gasteiger partial charge in [0.15, 0.2) is 5.78 Å². The second kappa shape index (κ2) is 14.6. The van der Waals surface area contributed by atoms with Crippen molar-refractivity contribution in [3.8, 4) is 5.75 Å². The second-order valence-electron chi connectivity index (χ2n) is 10.4. The molecule has 0 atom stereocenters. The van der Waals surface area contributed by atoms with Crippen LogP contribution in [0, 0.1) is 11.7 Å². The van der Waals surface area contributed by atoms with Crippen molar-refractivity contribution in [1.29, 1.82) is 0 Å². The molecule has 4 rings (SSSR count). The first-order valence-corrected chi connectivity index (χ1v) is 14.3. The number of benzene rings is 3. The van der Waals surface area contributed by atoms with E-state index in [2.05, 4.69) is 17.1 Å². The number of piperidine rings is 1. The molecule has 40 heavy (non-hydrogen) atoms. The van der Waals surface area contributed by atoms with Crippen molar-refractivity contribution in [2.24, 2.45) is 5.92 Å². The molecule has 0 saturated carbocycles. The van der Waals surface area contributed by atoms with Crippen molar-refractivity contribution in [1.82, 2.24) is 4.90 Å². The molecule has 1 amide bonds. The first-order valence-electron chi connectivity index (χ1n) is 14.3. The molecule has 1 aliphatic rings. The summed E-state index contributed by atoms with van der Waals surface area (Å²) in [6.45, 7) is 5.86. The lowest BCUT2D eigenvalue weighted by molar-refractivity contribution is 0.0841. The van der Waals surface area contributed by atoms with Crippen molar-refractivity contribution >= 4 is 23.1 Å². The van der Waals surface area contributed by atoms with E-state index in [4.69, 9.17) is 4.74 Å². The fourth-order valence-corrected chi connectivity index (χ4v) is 5.13. The minimum atomic E-state index is -0.337. The number of carbonyl (C=O) groups is 2. The summed E-state index contributed by atoms with van der Waals surface area (Å²) in [5.41, 5.74) is 2.99. The summed E-state index contributed by atoms with van der Waals surface area (Å²) in [4.78, 5) is 30.7. The van der Waals surface area contributed by atoms with Crippen molar-refractivity contribution in [3.05, 3.63) is 89.7 Å². The van der Waals surface area contributed by atoms with Gasteiger partial charge >= 0.3 is 0 Å². The van der Waals surface area contributed by atoms with E-state index in [1.54, 1.807) is 19.2 Å². The zero-order valence-electron chi connectivity index (χ0n) is 23.6. The van der Waals surface area contributed by atoms with Gasteiger partial charge in [0.2, 0.25) is 0 Å². The van der Waals surface area contributed by atoms with Crippen LogP contribution in [0.1, 0.15) is 59.7 Å². The van der Waals surface area contributed by atoms with Crippen LogP contribution in [0.15, 0.2) is 72.8 Å². The predicted molar refractivity (Wildman–Crippen MR) is 159 cm³/mol. The maximum absolute atomic E-state index is 13.7. The standard InChI is InChI=1S/C33H40FN3O3/c1-3-4-5-19-35-29-15-11-27(12-16-29)33(39)37(30-7-6-8-31(24-30)40-2)23-22-36-20-17-26(18-21-36)32(38)25-9-13-28(34)14-10-25/h6-16,24,26,35H,3-5,17-23H2,1-2H3. The van der Waals surface area contributed by atoms with Crippen molar-refractivity contribution in [2.45, 2.75) is 39.0 Å². The Kier molecular flexibility index (Phi) is 10.7. The molecule has 1 saturated heterocycles. The quantitative estimate of drug-likeness (QED) is 0.192. The first-order chi connectivity index (χ1) is 19.5. The number of Topliss-reactive ketones (excluding diaryl/α,β-unsaturated/α-hetero) is 1. The van der Waals surface area contributed by atoms with Crippen LogP contribution >= 0.6 is 0 Å². The first kappa shape index (κ1) is 29.3. The molecule has 0 aliphatic carbocycles. The van der Waals surface area contributed by atoms with Gasteiger partial charge in [-0.15, -0.1) is 0 Å². The van der Waals surface area contributed by atoms with E-state index in [1.165, 1.54) is 25.0 Å². The van der Waals surface area contributed by atoms with E-state index in [0.717, 1.165) is 50.3 Å². The van der Waals surface area contributed by atoms with Crippen LogP contribution < -0.4 is 15.0 Å². The molecule has 0 unspecified atom stereocenters. The van der Waals surface area contributed by atoms with Crippen LogP contribution in [0.5, 0.6) is 5.75 Å². The monoisotopic (exact) mass is 545 g/mol. The number of ketones is 1.